The maximum atomic E-state index is 17.9. The first-order valence-electron chi connectivity index (χ1n) is 28.4. The summed E-state index contributed by atoms with van der Waals surface area (Å²) in [5.41, 5.74) is -5.05. The minimum atomic E-state index is -1.93. The summed E-state index contributed by atoms with van der Waals surface area (Å²) in [7, 11) is 1.88. The number of allylic oxidation sites excluding steroid dienone is 4. The fourth-order valence-corrected chi connectivity index (χ4v) is 17.9. The quantitative estimate of drug-likeness (QED) is 0.148. The number of hydrogen-bond acceptors (Lipinski definition) is 14. The Balaban J connectivity index is 0.000000203. The topological polar surface area (TPSA) is 210 Å². The molecule has 0 bridgehead atoms. The van der Waals surface area contributed by atoms with Crippen molar-refractivity contribution in [2.24, 2.45) is 69.2 Å². The second kappa shape index (κ2) is 20.6. The van der Waals surface area contributed by atoms with Gasteiger partial charge in [0.15, 0.2) is 24.4 Å². The molecule has 6 saturated carbocycles. The van der Waals surface area contributed by atoms with E-state index in [1.807, 2.05) is 66.8 Å². The maximum Gasteiger partial charge on any atom is 0.306 e. The molecule has 1 aromatic rings. The van der Waals surface area contributed by atoms with Crippen LogP contribution in [0.4, 0.5) is 8.78 Å². The molecule has 16 atom stereocenters. The van der Waals surface area contributed by atoms with Crippen molar-refractivity contribution in [3.63, 3.8) is 0 Å². The van der Waals surface area contributed by atoms with Crippen molar-refractivity contribution < 1.29 is 66.7 Å². The summed E-state index contributed by atoms with van der Waals surface area (Å²) in [6.07, 6.45) is 9.75. The summed E-state index contributed by atoms with van der Waals surface area (Å²) in [5.74, 6) is -5.64. The fraction of sp³-hybridized carbons (Fsp3) is 0.738. The highest BCUT2D eigenvalue weighted by Gasteiger charge is 2.79. The minimum absolute atomic E-state index is 0. The van der Waals surface area contributed by atoms with E-state index in [0.717, 1.165) is 33.7 Å². The van der Waals surface area contributed by atoms with Crippen molar-refractivity contribution in [2.45, 2.75) is 201 Å². The molecule has 1 aliphatic heterocycles. The van der Waals surface area contributed by atoms with Gasteiger partial charge < -0.3 is 29.2 Å². The van der Waals surface area contributed by atoms with Gasteiger partial charge in [0.2, 0.25) is 11.6 Å². The van der Waals surface area contributed by atoms with E-state index in [-0.39, 0.29) is 57.8 Å². The molecule has 0 amide bonds. The molecule has 0 radical (unpaired) electrons. The number of rotatable bonds is 12. The predicted molar refractivity (Wildman–Crippen MR) is 287 cm³/mol. The number of aliphatic imine (C=N–C) groups is 1. The van der Waals surface area contributed by atoms with Gasteiger partial charge in [-0.15, -0.1) is 0 Å². The summed E-state index contributed by atoms with van der Waals surface area (Å²) >= 11 is 0. The Morgan fingerprint density at radius 2 is 1.10 bits per heavy atom. The van der Waals surface area contributed by atoms with Crippen LogP contribution in [0.1, 0.15) is 171 Å². The molecule has 8 aliphatic carbocycles. The number of hydrogen-bond donors (Lipinski definition) is 2. The monoisotopic (exact) mass is 1090 g/mol. The number of aliphatic hydroxyl groups is 2. The molecule has 0 saturated heterocycles. The SMILES string of the molecule is C.CCC(=O)OCC(=O)[C@@]1(OC(=O)CC)[C@@H](C)C[C@H]2[C@@H]3CCC4=CC5=NCC=C5C[C@]4(C)[C@@]3(F)[C@@H](O)C[C@@]21C.CCC(=O)OCC(=O)[C@@]1(OC(=O)CC)[C@@H](C)C[C@H]2[C@@H]3CCC4=Cc5c(cnn5C)C[C@]4(C)[C@@]3(F)[C@@H](O)C[C@@]21C. The van der Waals surface area contributed by atoms with Gasteiger partial charge in [-0.25, -0.2) is 8.78 Å². The number of alkyl halides is 2. The number of ketones is 2. The number of halogens is 2. The van der Waals surface area contributed by atoms with Gasteiger partial charge in [0.25, 0.3) is 0 Å². The lowest BCUT2D eigenvalue weighted by Crippen LogP contribution is -2.70. The van der Waals surface area contributed by atoms with E-state index in [9.17, 15) is 39.0 Å². The van der Waals surface area contributed by atoms with Crippen LogP contribution in [0.5, 0.6) is 0 Å². The van der Waals surface area contributed by atoms with Crippen LogP contribution < -0.4 is 0 Å². The molecule has 6 fully saturated rings. The van der Waals surface area contributed by atoms with Crippen molar-refractivity contribution in [2.75, 3.05) is 19.8 Å². The predicted octanol–water partition coefficient (Wildman–Crippen LogP) is 9.22. The van der Waals surface area contributed by atoms with Crippen LogP contribution in [0.3, 0.4) is 0 Å². The van der Waals surface area contributed by atoms with Crippen LogP contribution in [0.15, 0.2) is 40.1 Å². The Kier molecular flexibility index (Phi) is 15.6. The number of fused-ring (bicyclic) bond motifs is 12. The van der Waals surface area contributed by atoms with Crippen LogP contribution in [0, 0.1) is 57.2 Å². The molecular weight excluding hydrogens is 1000 g/mol. The Labute approximate surface area is 458 Å². The molecule has 0 spiro atoms. The molecule has 9 aliphatic rings. The Morgan fingerprint density at radius 1 is 0.667 bits per heavy atom. The molecular formula is C61H85F2N3O12. The molecule has 2 N–H and O–H groups in total. The molecule has 1 aromatic heterocycles. The molecule has 17 heteroatoms. The summed E-state index contributed by atoms with van der Waals surface area (Å²) in [5, 5.41) is 28.0. The van der Waals surface area contributed by atoms with Gasteiger partial charge in [0.1, 0.15) is 11.3 Å². The number of nitrogens with zero attached hydrogens (tertiary/aromatic N) is 3. The second-order valence-electron chi connectivity index (χ2n) is 25.1. The van der Waals surface area contributed by atoms with E-state index in [4.69, 9.17) is 18.9 Å². The Hall–Kier alpha value is -4.90. The van der Waals surface area contributed by atoms with Gasteiger partial charge in [-0.1, -0.05) is 93.9 Å². The van der Waals surface area contributed by atoms with Crippen molar-refractivity contribution in [3.05, 3.63) is 46.3 Å². The van der Waals surface area contributed by atoms with Gasteiger partial charge >= 0.3 is 23.9 Å². The third-order valence-electron chi connectivity index (χ3n) is 21.7. The van der Waals surface area contributed by atoms with E-state index in [2.05, 4.69) is 10.1 Å². The number of aliphatic hydroxyl groups excluding tert-OH is 2. The number of Topliss-reactive ketones (excluding diaryl/α,β-unsaturated/α-hetero) is 2. The standard InChI is InChI=1S/C30H41FN2O6.C30H40FNO6.CH4/c1-7-25(36)38-16-24(35)30(39-26(37)8-2)17(3)11-21-20-10-9-19-12-22-18(15-32-33(22)6)13-27(19,4)29(20,31)23(34)14-28(21,30)5;1-6-25(35)37-16-24(34)30(38-26(36)7-2)17(3)12-21-20-9-8-19-13-22-18(10-11-32-22)14-27(19,4)29(20,31)23(33)15-28(21,30)5;/h12,15,17,20-21,23,34H,7-11,13-14,16H2,1-6H3;10,13,17,20-21,23,33H,6-9,11-12,14-16H2,1-5H3;1H4/t2*17-,20-,21-,23-,27-,28-,29-,30-;/m00./s1. The van der Waals surface area contributed by atoms with E-state index in [1.54, 1.807) is 38.6 Å². The lowest BCUT2D eigenvalue weighted by molar-refractivity contribution is -0.234. The van der Waals surface area contributed by atoms with E-state index in [1.165, 1.54) is 0 Å². The zero-order valence-corrected chi connectivity index (χ0v) is 47.0. The number of carbonyl (C=O) groups is 6. The van der Waals surface area contributed by atoms with E-state index in [0.29, 0.717) is 57.9 Å². The first-order chi connectivity index (χ1) is 36.2. The van der Waals surface area contributed by atoms with Gasteiger partial charge in [-0.3, -0.25) is 38.4 Å². The molecule has 0 aromatic carbocycles. The highest BCUT2D eigenvalue weighted by molar-refractivity contribution is 6.11. The number of esters is 4. The van der Waals surface area contributed by atoms with Gasteiger partial charge in [-0.2, -0.15) is 5.10 Å². The van der Waals surface area contributed by atoms with Crippen LogP contribution in [-0.4, -0.2) is 116 Å². The average Bonchev–Trinajstić information content (AvgIpc) is 4.29. The number of carbonyl (C=O) groups excluding carboxylic acids is 6. The number of ether oxygens (including phenoxy) is 4. The highest BCUT2D eigenvalue weighted by atomic mass is 19.1. The van der Waals surface area contributed by atoms with Crippen molar-refractivity contribution in [1.82, 2.24) is 9.78 Å². The summed E-state index contributed by atoms with van der Waals surface area (Å²) in [6.45, 7) is 17.5. The third kappa shape index (κ3) is 8.07. The molecule has 10 rings (SSSR count). The Bertz CT molecular complexity index is 2770. The first-order valence-corrected chi connectivity index (χ1v) is 28.4. The molecule has 15 nitrogen and oxygen atoms in total. The summed E-state index contributed by atoms with van der Waals surface area (Å²) < 4.78 is 60.0. The van der Waals surface area contributed by atoms with Crippen LogP contribution in [-0.2, 0) is 61.2 Å². The molecule has 430 valence electrons. The number of aromatic nitrogens is 2. The lowest BCUT2D eigenvalue weighted by atomic mass is 9.43. The molecule has 0 unspecified atom stereocenters. The Morgan fingerprint density at radius 3 is 1.55 bits per heavy atom. The van der Waals surface area contributed by atoms with E-state index >= 15 is 8.78 Å². The normalized spacial score (nSPS) is 41.2. The zero-order chi connectivity index (χ0) is 56.2. The van der Waals surface area contributed by atoms with Gasteiger partial charge in [-0.05, 0) is 99.3 Å². The molecule has 78 heavy (non-hydrogen) atoms. The zero-order valence-electron chi connectivity index (χ0n) is 47.0. The average molecular weight is 1090 g/mol. The first kappa shape index (κ1) is 59.2. The minimum Gasteiger partial charge on any atom is -0.457 e. The highest BCUT2D eigenvalue weighted by Crippen LogP contribution is 2.74. The number of aryl methyl sites for hydroxylation is 1. The van der Waals surface area contributed by atoms with Gasteiger partial charge in [0, 0.05) is 78.1 Å². The van der Waals surface area contributed by atoms with Crippen molar-refractivity contribution in [3.8, 4) is 0 Å². The smallest absolute Gasteiger partial charge is 0.306 e. The maximum absolute atomic E-state index is 17.9. The lowest BCUT2D eigenvalue weighted by Gasteiger charge is -2.63. The largest absolute Gasteiger partial charge is 0.457 e. The third-order valence-corrected chi connectivity index (χ3v) is 21.7. The van der Waals surface area contributed by atoms with Crippen molar-refractivity contribution >= 4 is 47.2 Å². The van der Waals surface area contributed by atoms with E-state index < -0.39 is 129 Å². The second-order valence-corrected chi connectivity index (χ2v) is 25.1. The molecule has 2 heterocycles. The van der Waals surface area contributed by atoms with Crippen molar-refractivity contribution in [1.29, 1.82) is 0 Å². The van der Waals surface area contributed by atoms with Crippen LogP contribution in [0.25, 0.3) is 6.08 Å². The summed E-state index contributed by atoms with van der Waals surface area (Å²) in [4.78, 5) is 81.8. The van der Waals surface area contributed by atoms with Gasteiger partial charge in [0.05, 0.1) is 36.4 Å². The van der Waals surface area contributed by atoms with Crippen LogP contribution >= 0.6 is 0 Å². The van der Waals surface area contributed by atoms with Crippen LogP contribution in [0.2, 0.25) is 0 Å². The summed E-state index contributed by atoms with van der Waals surface area (Å²) in [6, 6.07) is 0. The fourth-order valence-electron chi connectivity index (χ4n) is 17.9.